The van der Waals surface area contributed by atoms with Gasteiger partial charge in [0.25, 0.3) is 0 Å². The molecule has 0 spiro atoms. The molecule has 7 heteroatoms. The lowest BCUT2D eigenvalue weighted by atomic mass is 10.2. The van der Waals surface area contributed by atoms with Crippen LogP contribution in [0.3, 0.4) is 0 Å². The van der Waals surface area contributed by atoms with E-state index in [1.165, 1.54) is 0 Å². The molecule has 1 saturated heterocycles. The van der Waals surface area contributed by atoms with Gasteiger partial charge in [-0.25, -0.2) is 9.78 Å². The highest BCUT2D eigenvalue weighted by atomic mass is 16.5. The van der Waals surface area contributed by atoms with Crippen molar-refractivity contribution in [1.82, 2.24) is 14.5 Å². The molecule has 7 nitrogen and oxygen atoms in total. The van der Waals surface area contributed by atoms with E-state index in [-0.39, 0.29) is 5.56 Å². The molecular weight excluding hydrogens is 320 g/mol. The predicted octanol–water partition coefficient (Wildman–Crippen LogP) is 1.03. The van der Waals surface area contributed by atoms with Crippen LogP contribution in [-0.2, 0) is 11.3 Å². The SMILES string of the molecule is COc1ccc2[nH]c3c(=O)n(CCCN4CCOCC4)c[nH+]c3c2c1. The summed E-state index contributed by atoms with van der Waals surface area (Å²) < 4.78 is 12.4. The van der Waals surface area contributed by atoms with Crippen molar-refractivity contribution in [3.8, 4) is 5.75 Å². The van der Waals surface area contributed by atoms with Crippen LogP contribution >= 0.6 is 0 Å². The van der Waals surface area contributed by atoms with E-state index in [1.807, 2.05) is 18.2 Å². The molecule has 1 aliphatic rings. The van der Waals surface area contributed by atoms with Gasteiger partial charge in [-0.3, -0.25) is 4.90 Å². The monoisotopic (exact) mass is 343 g/mol. The van der Waals surface area contributed by atoms with Crippen molar-refractivity contribution in [3.63, 3.8) is 0 Å². The number of nitrogens with zero attached hydrogens (tertiary/aromatic N) is 2. The fourth-order valence-corrected chi connectivity index (χ4v) is 3.41. The molecule has 25 heavy (non-hydrogen) atoms. The van der Waals surface area contributed by atoms with Crippen LogP contribution in [0.5, 0.6) is 5.75 Å². The van der Waals surface area contributed by atoms with Gasteiger partial charge in [0.05, 0.1) is 37.8 Å². The number of hydrogen-bond acceptors (Lipinski definition) is 4. The highest BCUT2D eigenvalue weighted by molar-refractivity contribution is 6.03. The van der Waals surface area contributed by atoms with Crippen molar-refractivity contribution in [1.29, 1.82) is 0 Å². The lowest BCUT2D eigenvalue weighted by molar-refractivity contribution is -0.352. The number of aromatic nitrogens is 3. The largest absolute Gasteiger partial charge is 0.497 e. The van der Waals surface area contributed by atoms with E-state index in [0.29, 0.717) is 12.1 Å². The molecule has 0 amide bonds. The van der Waals surface area contributed by atoms with Gasteiger partial charge in [0, 0.05) is 19.6 Å². The number of aromatic amines is 2. The fourth-order valence-electron chi connectivity index (χ4n) is 3.41. The minimum Gasteiger partial charge on any atom is -0.497 e. The average Bonchev–Trinajstić information content (AvgIpc) is 3.03. The number of benzene rings is 1. The molecule has 0 unspecified atom stereocenters. The minimum atomic E-state index is 0.00546. The molecule has 0 atom stereocenters. The van der Waals surface area contributed by atoms with E-state index in [2.05, 4.69) is 14.9 Å². The molecule has 2 aromatic heterocycles. The number of aryl methyl sites for hydroxylation is 1. The Balaban J connectivity index is 1.57. The van der Waals surface area contributed by atoms with Crippen molar-refractivity contribution < 1.29 is 14.5 Å². The van der Waals surface area contributed by atoms with Gasteiger partial charge in [-0.15, -0.1) is 0 Å². The van der Waals surface area contributed by atoms with Crippen molar-refractivity contribution in [2.24, 2.45) is 0 Å². The van der Waals surface area contributed by atoms with Gasteiger partial charge in [0.1, 0.15) is 5.75 Å². The van der Waals surface area contributed by atoms with Crippen LogP contribution in [0.4, 0.5) is 0 Å². The Morgan fingerprint density at radius 2 is 2.12 bits per heavy atom. The number of fused-ring (bicyclic) bond motifs is 3. The minimum absolute atomic E-state index is 0.00546. The van der Waals surface area contributed by atoms with Gasteiger partial charge in [0.15, 0.2) is 11.0 Å². The topological polar surface area (TPSA) is 73.6 Å². The summed E-state index contributed by atoms with van der Waals surface area (Å²) in [6.07, 6.45) is 2.71. The first-order valence-electron chi connectivity index (χ1n) is 8.67. The molecule has 4 rings (SSSR count). The summed E-state index contributed by atoms with van der Waals surface area (Å²) in [6.45, 7) is 5.24. The molecule has 3 aromatic rings. The fraction of sp³-hybridized carbons (Fsp3) is 0.444. The zero-order chi connectivity index (χ0) is 17.2. The zero-order valence-electron chi connectivity index (χ0n) is 14.4. The summed E-state index contributed by atoms with van der Waals surface area (Å²) >= 11 is 0. The predicted molar refractivity (Wildman–Crippen MR) is 95.0 cm³/mol. The van der Waals surface area contributed by atoms with E-state index >= 15 is 0 Å². The third-order valence-corrected chi connectivity index (χ3v) is 4.82. The Morgan fingerprint density at radius 1 is 1.28 bits per heavy atom. The molecule has 1 fully saturated rings. The van der Waals surface area contributed by atoms with Crippen LogP contribution in [0.25, 0.3) is 21.9 Å². The number of hydrogen-bond donors (Lipinski definition) is 1. The van der Waals surface area contributed by atoms with Gasteiger partial charge in [-0.2, -0.15) is 4.57 Å². The number of H-pyrrole nitrogens is 2. The molecule has 3 heterocycles. The van der Waals surface area contributed by atoms with Crippen molar-refractivity contribution in [3.05, 3.63) is 34.9 Å². The third-order valence-electron chi connectivity index (χ3n) is 4.82. The van der Waals surface area contributed by atoms with Gasteiger partial charge in [-0.05, 0) is 24.6 Å². The molecular formula is C18H23N4O3+. The second kappa shape index (κ2) is 6.85. The Kier molecular flexibility index (Phi) is 4.42. The maximum absolute atomic E-state index is 12.8. The van der Waals surface area contributed by atoms with Crippen LogP contribution in [0.2, 0.25) is 0 Å². The van der Waals surface area contributed by atoms with E-state index < -0.39 is 0 Å². The maximum atomic E-state index is 12.8. The standard InChI is InChI=1S/C18H22N4O3/c1-24-13-3-4-15-14(11-13)16-17(20-15)18(23)22(12-19-16)6-2-5-21-7-9-25-10-8-21/h3-4,11-12,20H,2,5-10H2,1H3/p+1. The summed E-state index contributed by atoms with van der Waals surface area (Å²) in [7, 11) is 1.64. The quantitative estimate of drug-likeness (QED) is 0.751. The molecule has 132 valence electrons. The Labute approximate surface area is 145 Å². The molecule has 0 aliphatic carbocycles. The van der Waals surface area contributed by atoms with Gasteiger partial charge < -0.3 is 14.5 Å². The summed E-state index contributed by atoms with van der Waals surface area (Å²) in [4.78, 5) is 21.7. The Morgan fingerprint density at radius 3 is 2.92 bits per heavy atom. The van der Waals surface area contributed by atoms with Crippen LogP contribution in [0.1, 0.15) is 6.42 Å². The molecule has 0 saturated carbocycles. The number of morpholine rings is 1. The van der Waals surface area contributed by atoms with E-state index in [0.717, 1.165) is 61.4 Å². The number of ether oxygens (including phenoxy) is 2. The second-order valence-electron chi connectivity index (χ2n) is 6.37. The highest BCUT2D eigenvalue weighted by Crippen LogP contribution is 2.24. The first kappa shape index (κ1) is 16.1. The van der Waals surface area contributed by atoms with E-state index in [1.54, 1.807) is 18.0 Å². The van der Waals surface area contributed by atoms with Crippen LogP contribution in [0, 0.1) is 0 Å². The van der Waals surface area contributed by atoms with Crippen LogP contribution < -0.4 is 15.3 Å². The summed E-state index contributed by atoms with van der Waals surface area (Å²) in [6, 6.07) is 5.76. The Hall–Kier alpha value is -2.38. The first-order valence-corrected chi connectivity index (χ1v) is 8.67. The molecule has 0 radical (unpaired) electrons. The number of nitrogens with one attached hydrogen (secondary N) is 2. The summed E-state index contributed by atoms with van der Waals surface area (Å²) in [5.41, 5.74) is 2.36. The summed E-state index contributed by atoms with van der Waals surface area (Å²) in [5, 5.41) is 0.965. The van der Waals surface area contributed by atoms with Crippen LogP contribution in [-0.4, -0.2) is 54.4 Å². The zero-order valence-corrected chi connectivity index (χ0v) is 14.4. The molecule has 0 bridgehead atoms. The van der Waals surface area contributed by atoms with E-state index in [9.17, 15) is 4.79 Å². The van der Waals surface area contributed by atoms with Crippen LogP contribution in [0.15, 0.2) is 29.3 Å². The lowest BCUT2D eigenvalue weighted by Gasteiger charge is -2.26. The molecule has 1 aromatic carbocycles. The first-order chi connectivity index (χ1) is 12.3. The summed E-state index contributed by atoms with van der Waals surface area (Å²) in [5.74, 6) is 0.775. The molecule has 1 aliphatic heterocycles. The molecule has 2 N–H and O–H groups in total. The normalized spacial score (nSPS) is 15.9. The Bertz CT molecular complexity index is 941. The van der Waals surface area contributed by atoms with Crippen molar-refractivity contribution in [2.75, 3.05) is 40.0 Å². The third kappa shape index (κ3) is 3.12. The lowest BCUT2D eigenvalue weighted by Crippen LogP contribution is -2.37. The van der Waals surface area contributed by atoms with Gasteiger partial charge in [0.2, 0.25) is 6.33 Å². The average molecular weight is 343 g/mol. The van der Waals surface area contributed by atoms with Crippen molar-refractivity contribution >= 4 is 21.9 Å². The highest BCUT2D eigenvalue weighted by Gasteiger charge is 2.17. The van der Waals surface area contributed by atoms with E-state index in [4.69, 9.17) is 9.47 Å². The van der Waals surface area contributed by atoms with Gasteiger partial charge >= 0.3 is 5.56 Å². The number of methoxy groups -OCH3 is 1. The number of rotatable bonds is 5. The maximum Gasteiger partial charge on any atom is 0.361 e. The second-order valence-corrected chi connectivity index (χ2v) is 6.37. The van der Waals surface area contributed by atoms with Gasteiger partial charge in [-0.1, -0.05) is 0 Å². The van der Waals surface area contributed by atoms with Crippen molar-refractivity contribution in [2.45, 2.75) is 13.0 Å². The smallest absolute Gasteiger partial charge is 0.361 e.